The van der Waals surface area contributed by atoms with Crippen molar-refractivity contribution < 1.29 is 13.2 Å². The van der Waals surface area contributed by atoms with Gasteiger partial charge in [0.2, 0.25) is 21.1 Å². The van der Waals surface area contributed by atoms with Gasteiger partial charge in [0.1, 0.15) is 0 Å². The summed E-state index contributed by atoms with van der Waals surface area (Å²) in [5.74, 6) is -0.249. The lowest BCUT2D eigenvalue weighted by atomic mass is 10.2. The predicted molar refractivity (Wildman–Crippen MR) is 107 cm³/mol. The van der Waals surface area contributed by atoms with Crippen molar-refractivity contribution in [2.75, 3.05) is 24.1 Å². The summed E-state index contributed by atoms with van der Waals surface area (Å²) in [5.41, 5.74) is 5.99. The lowest BCUT2D eigenvalue weighted by Crippen LogP contribution is -2.35. The number of benzene rings is 1. The molecule has 27 heavy (non-hydrogen) atoms. The van der Waals surface area contributed by atoms with Crippen molar-refractivity contribution >= 4 is 49.8 Å². The number of rotatable bonds is 6. The second-order valence-electron chi connectivity index (χ2n) is 6.15. The molecule has 11 heteroatoms. The summed E-state index contributed by atoms with van der Waals surface area (Å²) in [6.45, 7) is 2.82. The standard InChI is InChI=1S/C16H21N5O3S3/c1-11(25-16-20-19-15(17)26-16)14(22)18-12-6-5-7-13(10-12)27(23,24)21-8-3-2-4-9-21/h5-7,10-11H,2-4,8-9H2,1H3,(H2,17,19)(H,18,22). The topological polar surface area (TPSA) is 118 Å². The molecule has 1 amide bonds. The fourth-order valence-electron chi connectivity index (χ4n) is 2.71. The summed E-state index contributed by atoms with van der Waals surface area (Å²) in [7, 11) is -3.54. The molecule has 1 saturated heterocycles. The molecule has 1 aliphatic heterocycles. The molecule has 0 aliphatic carbocycles. The number of nitrogen functional groups attached to an aromatic ring is 1. The Morgan fingerprint density at radius 1 is 1.30 bits per heavy atom. The number of thioether (sulfide) groups is 1. The van der Waals surface area contributed by atoms with E-state index < -0.39 is 15.3 Å². The first-order chi connectivity index (χ1) is 12.9. The maximum Gasteiger partial charge on any atom is 0.243 e. The highest BCUT2D eigenvalue weighted by Gasteiger charge is 2.26. The summed E-state index contributed by atoms with van der Waals surface area (Å²) in [4.78, 5) is 12.6. The zero-order valence-corrected chi connectivity index (χ0v) is 17.2. The van der Waals surface area contributed by atoms with Gasteiger partial charge >= 0.3 is 0 Å². The lowest BCUT2D eigenvalue weighted by Gasteiger charge is -2.26. The van der Waals surface area contributed by atoms with E-state index in [1.807, 2.05) is 0 Å². The van der Waals surface area contributed by atoms with E-state index >= 15 is 0 Å². The van der Waals surface area contributed by atoms with Gasteiger partial charge in [0.05, 0.1) is 10.1 Å². The average molecular weight is 428 g/mol. The van der Waals surface area contributed by atoms with E-state index in [0.717, 1.165) is 19.3 Å². The van der Waals surface area contributed by atoms with Gasteiger partial charge in [-0.25, -0.2) is 8.42 Å². The highest BCUT2D eigenvalue weighted by atomic mass is 32.2. The lowest BCUT2D eigenvalue weighted by molar-refractivity contribution is -0.115. The molecule has 3 N–H and O–H groups in total. The molecule has 146 valence electrons. The molecule has 0 spiro atoms. The van der Waals surface area contributed by atoms with Crippen molar-refractivity contribution in [1.29, 1.82) is 0 Å². The Morgan fingerprint density at radius 2 is 2.04 bits per heavy atom. The predicted octanol–water partition coefficient (Wildman–Crippen LogP) is 2.41. The average Bonchev–Trinajstić information content (AvgIpc) is 3.07. The van der Waals surface area contributed by atoms with Gasteiger partial charge in [0.25, 0.3) is 0 Å². The summed E-state index contributed by atoms with van der Waals surface area (Å²) in [5, 5.41) is 10.3. The van der Waals surface area contributed by atoms with Crippen molar-refractivity contribution in [3.05, 3.63) is 24.3 Å². The second-order valence-corrected chi connectivity index (χ2v) is 10.7. The zero-order valence-electron chi connectivity index (χ0n) is 14.8. The van der Waals surface area contributed by atoms with Gasteiger partial charge in [-0.15, -0.1) is 10.2 Å². The van der Waals surface area contributed by atoms with E-state index in [4.69, 9.17) is 5.73 Å². The van der Waals surface area contributed by atoms with Crippen LogP contribution in [0.1, 0.15) is 26.2 Å². The van der Waals surface area contributed by atoms with Crippen molar-refractivity contribution in [3.8, 4) is 0 Å². The Bertz CT molecular complexity index is 910. The Morgan fingerprint density at radius 3 is 2.70 bits per heavy atom. The van der Waals surface area contributed by atoms with Crippen molar-refractivity contribution in [3.63, 3.8) is 0 Å². The van der Waals surface area contributed by atoms with Crippen LogP contribution >= 0.6 is 23.1 Å². The minimum absolute atomic E-state index is 0.194. The van der Waals surface area contributed by atoms with E-state index in [0.29, 0.717) is 28.2 Å². The summed E-state index contributed by atoms with van der Waals surface area (Å²) < 4.78 is 27.7. The quantitative estimate of drug-likeness (QED) is 0.680. The SMILES string of the molecule is CC(Sc1nnc(N)s1)C(=O)Nc1cccc(S(=O)(=O)N2CCCCC2)c1. The molecule has 2 aromatic rings. The molecule has 0 radical (unpaired) electrons. The van der Waals surface area contributed by atoms with Crippen molar-refractivity contribution in [2.45, 2.75) is 40.7 Å². The first-order valence-electron chi connectivity index (χ1n) is 8.53. The van der Waals surface area contributed by atoms with Crippen molar-refractivity contribution in [1.82, 2.24) is 14.5 Å². The Kier molecular flexibility index (Phi) is 6.35. The maximum atomic E-state index is 12.8. The summed E-state index contributed by atoms with van der Waals surface area (Å²) in [6, 6.07) is 6.37. The largest absolute Gasteiger partial charge is 0.374 e. The number of hydrogen-bond donors (Lipinski definition) is 2. The first-order valence-corrected chi connectivity index (χ1v) is 11.7. The van der Waals surface area contributed by atoms with Gasteiger partial charge in [-0.05, 0) is 38.0 Å². The molecule has 1 unspecified atom stereocenters. The highest BCUT2D eigenvalue weighted by Crippen LogP contribution is 2.28. The Hall–Kier alpha value is -1.69. The molecular formula is C16H21N5O3S3. The monoisotopic (exact) mass is 427 g/mol. The molecule has 1 fully saturated rings. The molecule has 0 saturated carbocycles. The first kappa shape index (κ1) is 20.1. The van der Waals surface area contributed by atoms with Crippen LogP contribution < -0.4 is 11.1 Å². The zero-order chi connectivity index (χ0) is 19.4. The van der Waals surface area contributed by atoms with E-state index in [1.54, 1.807) is 25.1 Å². The van der Waals surface area contributed by atoms with Crippen LogP contribution in [0.2, 0.25) is 0 Å². The third kappa shape index (κ3) is 4.98. The number of nitrogens with zero attached hydrogens (tertiary/aromatic N) is 3. The van der Waals surface area contributed by atoms with E-state index in [-0.39, 0.29) is 10.8 Å². The number of piperidine rings is 1. The van der Waals surface area contributed by atoms with Crippen LogP contribution in [0.15, 0.2) is 33.5 Å². The van der Waals surface area contributed by atoms with Gasteiger partial charge < -0.3 is 11.1 Å². The molecule has 2 heterocycles. The molecule has 1 aromatic heterocycles. The fourth-order valence-corrected chi connectivity index (χ4v) is 6.05. The van der Waals surface area contributed by atoms with Crippen LogP contribution in [0.25, 0.3) is 0 Å². The summed E-state index contributed by atoms with van der Waals surface area (Å²) >= 11 is 2.47. The van der Waals surface area contributed by atoms with Gasteiger partial charge in [0, 0.05) is 18.8 Å². The van der Waals surface area contributed by atoms with Crippen LogP contribution in [-0.4, -0.2) is 47.2 Å². The van der Waals surface area contributed by atoms with E-state index in [2.05, 4.69) is 15.5 Å². The Balaban J connectivity index is 1.68. The number of amides is 1. The number of sulfonamides is 1. The van der Waals surface area contributed by atoms with Gasteiger partial charge in [-0.1, -0.05) is 35.6 Å². The van der Waals surface area contributed by atoms with Crippen molar-refractivity contribution in [2.24, 2.45) is 0 Å². The molecule has 1 atom stereocenters. The minimum Gasteiger partial charge on any atom is -0.374 e. The molecule has 1 aliphatic rings. The van der Waals surface area contributed by atoms with Gasteiger partial charge in [-0.3, -0.25) is 4.79 Å². The fraction of sp³-hybridized carbons (Fsp3) is 0.438. The number of hydrogen-bond acceptors (Lipinski definition) is 8. The molecule has 3 rings (SSSR count). The number of anilines is 2. The number of nitrogens with two attached hydrogens (primary N) is 1. The normalized spacial score (nSPS) is 16.8. The van der Waals surface area contributed by atoms with Crippen LogP contribution in [0.5, 0.6) is 0 Å². The molecular weight excluding hydrogens is 406 g/mol. The van der Waals surface area contributed by atoms with Crippen LogP contribution in [-0.2, 0) is 14.8 Å². The highest BCUT2D eigenvalue weighted by molar-refractivity contribution is 8.02. The smallest absolute Gasteiger partial charge is 0.243 e. The van der Waals surface area contributed by atoms with Gasteiger partial charge in [-0.2, -0.15) is 4.31 Å². The third-order valence-corrected chi connectivity index (χ3v) is 7.95. The van der Waals surface area contributed by atoms with Crippen LogP contribution in [0.3, 0.4) is 0 Å². The number of carbonyl (C=O) groups is 1. The number of aromatic nitrogens is 2. The van der Waals surface area contributed by atoms with E-state index in [1.165, 1.54) is 33.5 Å². The molecule has 8 nitrogen and oxygen atoms in total. The maximum absolute atomic E-state index is 12.8. The second kappa shape index (κ2) is 8.55. The molecule has 1 aromatic carbocycles. The molecule has 0 bridgehead atoms. The number of carbonyl (C=O) groups excluding carboxylic acids is 1. The van der Waals surface area contributed by atoms with Gasteiger partial charge in [0.15, 0.2) is 4.34 Å². The Labute approximate surface area is 166 Å². The third-order valence-electron chi connectivity index (χ3n) is 4.12. The summed E-state index contributed by atoms with van der Waals surface area (Å²) in [6.07, 6.45) is 2.80. The van der Waals surface area contributed by atoms with Crippen LogP contribution in [0, 0.1) is 0 Å². The number of nitrogens with one attached hydrogen (secondary N) is 1. The van der Waals surface area contributed by atoms with E-state index in [9.17, 15) is 13.2 Å². The minimum atomic E-state index is -3.54. The van der Waals surface area contributed by atoms with Crippen LogP contribution in [0.4, 0.5) is 10.8 Å².